The van der Waals surface area contributed by atoms with Gasteiger partial charge in [-0.15, -0.1) is 0 Å². The molecule has 1 aromatic rings. The third kappa shape index (κ3) is 1.21. The van der Waals surface area contributed by atoms with E-state index in [-0.39, 0.29) is 11.5 Å². The Labute approximate surface area is 125 Å². The van der Waals surface area contributed by atoms with Crippen molar-refractivity contribution in [3.8, 4) is 5.75 Å². The van der Waals surface area contributed by atoms with Gasteiger partial charge in [-0.1, -0.05) is 30.2 Å². The third-order valence-electron chi connectivity index (χ3n) is 6.04. The van der Waals surface area contributed by atoms with Gasteiger partial charge in [-0.3, -0.25) is 0 Å². The van der Waals surface area contributed by atoms with E-state index in [1.165, 1.54) is 42.4 Å². The van der Waals surface area contributed by atoms with Crippen LogP contribution in [-0.4, -0.2) is 13.2 Å². The number of methoxy groups -OCH3 is 1. The van der Waals surface area contributed by atoms with Gasteiger partial charge in [0, 0.05) is 5.56 Å². The Kier molecular flexibility index (Phi) is 2.12. The zero-order valence-electron chi connectivity index (χ0n) is 12.6. The van der Waals surface area contributed by atoms with Crippen molar-refractivity contribution in [2.75, 3.05) is 7.11 Å². The fraction of sp³-hybridized carbons (Fsp3) is 0.474. The molecule has 0 unspecified atom stereocenters. The average Bonchev–Trinajstić information content (AvgIpc) is 2.83. The molecule has 3 atom stereocenters. The molecule has 21 heavy (non-hydrogen) atoms. The number of hydrogen-bond donors (Lipinski definition) is 0. The molecule has 0 aromatic heterocycles. The second-order valence-corrected chi connectivity index (χ2v) is 6.90. The molecule has 0 saturated heterocycles. The molecule has 1 fully saturated rings. The van der Waals surface area contributed by atoms with Crippen LogP contribution < -0.4 is 4.74 Å². The summed E-state index contributed by atoms with van der Waals surface area (Å²) in [5.74, 6) is 2.82. The minimum Gasteiger partial charge on any atom is -0.497 e. The summed E-state index contributed by atoms with van der Waals surface area (Å²) in [6.07, 6.45) is 9.53. The highest BCUT2D eigenvalue weighted by molar-refractivity contribution is 5.64. The molecule has 2 nitrogen and oxygen atoms in total. The maximum atomic E-state index is 6.48. The van der Waals surface area contributed by atoms with Crippen LogP contribution >= 0.6 is 0 Å². The monoisotopic (exact) mass is 280 g/mol. The van der Waals surface area contributed by atoms with Gasteiger partial charge in [-0.2, -0.15) is 0 Å². The van der Waals surface area contributed by atoms with Gasteiger partial charge in [0.2, 0.25) is 0 Å². The van der Waals surface area contributed by atoms with Gasteiger partial charge in [-0.05, 0) is 49.3 Å². The van der Waals surface area contributed by atoms with Gasteiger partial charge < -0.3 is 9.47 Å². The second-order valence-electron chi connectivity index (χ2n) is 6.90. The summed E-state index contributed by atoms with van der Waals surface area (Å²) in [5.41, 5.74) is 5.93. The summed E-state index contributed by atoms with van der Waals surface area (Å²) in [5, 5.41) is 0. The van der Waals surface area contributed by atoms with Crippen LogP contribution in [0.1, 0.15) is 36.0 Å². The maximum Gasteiger partial charge on any atom is 0.169 e. The highest BCUT2D eigenvalue weighted by atomic mass is 16.5. The van der Waals surface area contributed by atoms with Crippen LogP contribution in [0.3, 0.4) is 0 Å². The van der Waals surface area contributed by atoms with E-state index in [0.717, 1.165) is 11.5 Å². The Hall–Kier alpha value is -1.70. The van der Waals surface area contributed by atoms with E-state index in [2.05, 4.69) is 31.2 Å². The lowest BCUT2D eigenvalue weighted by Crippen LogP contribution is -2.50. The summed E-state index contributed by atoms with van der Waals surface area (Å²) in [6, 6.07) is 4.56. The van der Waals surface area contributed by atoms with Gasteiger partial charge in [-0.25, -0.2) is 0 Å². The summed E-state index contributed by atoms with van der Waals surface area (Å²) >= 11 is 0. The average molecular weight is 280 g/mol. The molecule has 2 bridgehead atoms. The van der Waals surface area contributed by atoms with E-state index < -0.39 is 0 Å². The standard InChI is InChI=1S/C19H20O2/c1-11-5-6-13-10-12-4-3-9-19-14(12)7-8-15(20-2)18(19)21-17(11)16(13)19/h5-8,12,18H,3-4,9-10H2,1-2H3/t12-,18+,19+/m1/s1. The minimum absolute atomic E-state index is 0.0560. The van der Waals surface area contributed by atoms with Crippen molar-refractivity contribution in [1.82, 2.24) is 0 Å². The van der Waals surface area contributed by atoms with Crippen LogP contribution in [0.5, 0.6) is 5.75 Å². The first-order valence-corrected chi connectivity index (χ1v) is 8.01. The van der Waals surface area contributed by atoms with Crippen LogP contribution in [0.25, 0.3) is 0 Å². The fourth-order valence-electron chi connectivity index (χ4n) is 5.23. The van der Waals surface area contributed by atoms with Crippen molar-refractivity contribution in [2.45, 2.75) is 44.1 Å². The van der Waals surface area contributed by atoms with Gasteiger partial charge in [0.25, 0.3) is 0 Å². The van der Waals surface area contributed by atoms with Crippen LogP contribution in [0.15, 0.2) is 35.6 Å². The van der Waals surface area contributed by atoms with Crippen molar-refractivity contribution in [3.63, 3.8) is 0 Å². The number of benzene rings is 1. The van der Waals surface area contributed by atoms with Crippen molar-refractivity contribution in [3.05, 3.63) is 52.3 Å². The molecule has 108 valence electrons. The third-order valence-corrected chi connectivity index (χ3v) is 6.04. The molecule has 1 aliphatic heterocycles. The Bertz CT molecular complexity index is 713. The molecule has 1 heterocycles. The Morgan fingerprint density at radius 2 is 2.19 bits per heavy atom. The second kappa shape index (κ2) is 3.73. The number of aryl methyl sites for hydroxylation is 1. The summed E-state index contributed by atoms with van der Waals surface area (Å²) < 4.78 is 12.1. The summed E-state index contributed by atoms with van der Waals surface area (Å²) in [6.45, 7) is 2.16. The topological polar surface area (TPSA) is 18.5 Å². The molecular formula is C19H20O2. The fourth-order valence-corrected chi connectivity index (χ4v) is 5.23. The van der Waals surface area contributed by atoms with Gasteiger partial charge in [0.05, 0.1) is 12.5 Å². The molecule has 1 aromatic carbocycles. The lowest BCUT2D eigenvalue weighted by molar-refractivity contribution is 0.0958. The zero-order valence-corrected chi connectivity index (χ0v) is 12.6. The molecule has 0 amide bonds. The van der Waals surface area contributed by atoms with Crippen molar-refractivity contribution in [1.29, 1.82) is 0 Å². The van der Waals surface area contributed by atoms with E-state index in [1.54, 1.807) is 12.7 Å². The highest BCUT2D eigenvalue weighted by Gasteiger charge is 2.60. The van der Waals surface area contributed by atoms with Crippen LogP contribution in [0.2, 0.25) is 0 Å². The molecule has 0 radical (unpaired) electrons. The smallest absolute Gasteiger partial charge is 0.169 e. The number of ether oxygens (including phenoxy) is 2. The SMILES string of the molecule is COC1=CC=C2[C@@H]3CCC[C@@]24c2c(ccc(C)c2O[C@@H]14)C3. The molecular weight excluding hydrogens is 260 g/mol. The van der Waals surface area contributed by atoms with E-state index >= 15 is 0 Å². The molecule has 0 N–H and O–H groups in total. The van der Waals surface area contributed by atoms with Gasteiger partial charge >= 0.3 is 0 Å². The first-order chi connectivity index (χ1) is 10.3. The van der Waals surface area contributed by atoms with Crippen LogP contribution in [0.4, 0.5) is 0 Å². The normalized spacial score (nSPS) is 34.6. The van der Waals surface area contributed by atoms with Crippen molar-refractivity contribution in [2.24, 2.45) is 5.92 Å². The first kappa shape index (κ1) is 11.9. The van der Waals surface area contributed by atoms with Crippen LogP contribution in [-0.2, 0) is 16.6 Å². The molecule has 1 spiro atoms. The Morgan fingerprint density at radius 3 is 3.05 bits per heavy atom. The molecule has 5 rings (SSSR count). The highest BCUT2D eigenvalue weighted by Crippen LogP contribution is 2.63. The van der Waals surface area contributed by atoms with Gasteiger partial charge in [0.1, 0.15) is 11.5 Å². The predicted octanol–water partition coefficient (Wildman–Crippen LogP) is 3.82. The molecule has 3 aliphatic carbocycles. The maximum absolute atomic E-state index is 6.48. The zero-order chi connectivity index (χ0) is 14.2. The largest absolute Gasteiger partial charge is 0.497 e. The minimum atomic E-state index is 0.0560. The number of hydrogen-bond acceptors (Lipinski definition) is 2. The number of allylic oxidation sites excluding steroid dienone is 2. The first-order valence-electron chi connectivity index (χ1n) is 8.01. The number of rotatable bonds is 1. The van der Waals surface area contributed by atoms with E-state index in [1.807, 2.05) is 0 Å². The van der Waals surface area contributed by atoms with E-state index in [9.17, 15) is 0 Å². The van der Waals surface area contributed by atoms with Crippen molar-refractivity contribution < 1.29 is 9.47 Å². The lowest BCUT2D eigenvalue weighted by atomic mass is 9.53. The van der Waals surface area contributed by atoms with Crippen LogP contribution in [0, 0.1) is 12.8 Å². The lowest BCUT2D eigenvalue weighted by Gasteiger charge is -2.49. The van der Waals surface area contributed by atoms with E-state index in [4.69, 9.17) is 9.47 Å². The molecule has 1 saturated carbocycles. The molecule has 4 aliphatic rings. The molecule has 2 heteroatoms. The summed E-state index contributed by atoms with van der Waals surface area (Å²) in [7, 11) is 1.77. The van der Waals surface area contributed by atoms with E-state index in [0.29, 0.717) is 5.92 Å². The van der Waals surface area contributed by atoms with Gasteiger partial charge in [0.15, 0.2) is 6.10 Å². The quantitative estimate of drug-likeness (QED) is 0.778. The Morgan fingerprint density at radius 1 is 1.29 bits per heavy atom. The Balaban J connectivity index is 1.87. The van der Waals surface area contributed by atoms with Crippen molar-refractivity contribution >= 4 is 0 Å². The summed E-state index contributed by atoms with van der Waals surface area (Å²) in [4.78, 5) is 0. The predicted molar refractivity (Wildman–Crippen MR) is 81.5 cm³/mol.